The number of nitrogens with one attached hydrogen (secondary N) is 1. The Morgan fingerprint density at radius 3 is 2.17 bits per heavy atom. The second kappa shape index (κ2) is 9.86. The van der Waals surface area contributed by atoms with Crippen molar-refractivity contribution in [1.29, 1.82) is 0 Å². The molecule has 0 spiro atoms. The number of hydrogen-bond acceptors (Lipinski definition) is 2. The fourth-order valence-electron chi connectivity index (χ4n) is 4.29. The van der Waals surface area contributed by atoms with Gasteiger partial charge >= 0.3 is 0 Å². The maximum atomic E-state index is 12.7. The quantitative estimate of drug-likeness (QED) is 0.637. The van der Waals surface area contributed by atoms with E-state index in [1.54, 1.807) is 16.2 Å². The molecule has 0 radical (unpaired) electrons. The first-order valence-corrected chi connectivity index (χ1v) is 11.4. The van der Waals surface area contributed by atoms with Gasteiger partial charge in [0, 0.05) is 37.9 Å². The summed E-state index contributed by atoms with van der Waals surface area (Å²) >= 11 is 1.54. The average molecular weight is 406 g/mol. The second-order valence-corrected chi connectivity index (χ2v) is 8.80. The fourth-order valence-corrected chi connectivity index (χ4v) is 4.98. The zero-order chi connectivity index (χ0) is 19.9. The van der Waals surface area contributed by atoms with Crippen LogP contribution in [-0.2, 0) is 13.0 Å². The normalized spacial score (nSPS) is 15.9. The van der Waals surface area contributed by atoms with Gasteiger partial charge in [-0.1, -0.05) is 66.7 Å². The topological polar surface area (TPSA) is 24.8 Å². The van der Waals surface area contributed by atoms with E-state index in [1.165, 1.54) is 11.1 Å². The van der Waals surface area contributed by atoms with Gasteiger partial charge in [0.1, 0.15) is 6.54 Å². The van der Waals surface area contributed by atoms with E-state index in [9.17, 15) is 4.79 Å². The first-order valence-electron chi connectivity index (χ1n) is 10.5. The van der Waals surface area contributed by atoms with Crippen LogP contribution in [0.2, 0.25) is 0 Å². The molecule has 1 unspecified atom stereocenters. The lowest BCUT2D eigenvalue weighted by molar-refractivity contribution is -0.940. The predicted octanol–water partition coefficient (Wildman–Crippen LogP) is 3.68. The molecule has 1 aromatic heterocycles. The molecule has 1 aliphatic heterocycles. The minimum Gasteiger partial charge on any atom is -0.337 e. The molecule has 4 rings (SSSR count). The third-order valence-electron chi connectivity index (χ3n) is 5.94. The van der Waals surface area contributed by atoms with Crippen molar-refractivity contribution in [3.63, 3.8) is 0 Å². The molecular weight excluding hydrogens is 376 g/mol. The number of piperidine rings is 1. The molecule has 0 aliphatic carbocycles. The van der Waals surface area contributed by atoms with Crippen molar-refractivity contribution < 1.29 is 9.69 Å². The number of amides is 1. The minimum absolute atomic E-state index is 0.201. The average Bonchev–Trinajstić information content (AvgIpc) is 3.33. The third-order valence-corrected chi connectivity index (χ3v) is 6.80. The van der Waals surface area contributed by atoms with Crippen LogP contribution in [-0.4, -0.2) is 36.5 Å². The zero-order valence-electron chi connectivity index (χ0n) is 16.8. The van der Waals surface area contributed by atoms with Crippen molar-refractivity contribution in [3.05, 3.63) is 94.2 Å². The molecule has 1 fully saturated rings. The Morgan fingerprint density at radius 2 is 1.55 bits per heavy atom. The number of nitrogens with zero attached hydrogens (tertiary/aromatic N) is 1. The number of carbonyl (C=O) groups excluding carboxylic acids is 1. The van der Waals surface area contributed by atoms with Crippen molar-refractivity contribution in [1.82, 2.24) is 4.90 Å². The van der Waals surface area contributed by atoms with Crippen molar-refractivity contribution in [2.24, 2.45) is 0 Å². The molecule has 1 amide bonds. The zero-order valence-corrected chi connectivity index (χ0v) is 17.6. The summed E-state index contributed by atoms with van der Waals surface area (Å²) in [7, 11) is 0. The van der Waals surface area contributed by atoms with E-state index in [-0.39, 0.29) is 5.91 Å². The van der Waals surface area contributed by atoms with Gasteiger partial charge in [0.05, 0.1) is 17.5 Å². The lowest BCUT2D eigenvalue weighted by atomic mass is 10.0. The Hall–Kier alpha value is -2.43. The molecule has 29 heavy (non-hydrogen) atoms. The summed E-state index contributed by atoms with van der Waals surface area (Å²) < 4.78 is 0. The second-order valence-electron chi connectivity index (χ2n) is 7.85. The highest BCUT2D eigenvalue weighted by molar-refractivity contribution is 7.12. The Bertz CT molecular complexity index is 872. The SMILES string of the molecule is O=C(c1cccs1)N1CCC([NH+](CCc2ccccc2)Cc2ccccc2)CC1. The maximum absolute atomic E-state index is 12.7. The molecular formula is C25H29N2OS+. The number of hydrogen-bond donors (Lipinski definition) is 1. The number of carbonyl (C=O) groups is 1. The third kappa shape index (κ3) is 5.34. The van der Waals surface area contributed by atoms with Gasteiger partial charge in [-0.2, -0.15) is 0 Å². The van der Waals surface area contributed by atoms with Crippen LogP contribution < -0.4 is 4.90 Å². The summed E-state index contributed by atoms with van der Waals surface area (Å²) in [6, 6.07) is 26.1. The summed E-state index contributed by atoms with van der Waals surface area (Å²) in [5, 5.41) is 1.98. The van der Waals surface area contributed by atoms with Crippen LogP contribution in [0.15, 0.2) is 78.2 Å². The van der Waals surface area contributed by atoms with E-state index >= 15 is 0 Å². The summed E-state index contributed by atoms with van der Waals surface area (Å²) in [4.78, 5) is 17.2. The van der Waals surface area contributed by atoms with Crippen LogP contribution >= 0.6 is 11.3 Å². The highest BCUT2D eigenvalue weighted by atomic mass is 32.1. The standard InChI is InChI=1S/C25H28N2OS/c28-25(24-12-7-19-29-24)26-17-14-23(15-18-26)27(20-22-10-5-2-6-11-22)16-13-21-8-3-1-4-9-21/h1-12,19,23H,13-18,20H2/p+1. The van der Waals surface area contributed by atoms with Crippen molar-refractivity contribution in [2.75, 3.05) is 19.6 Å². The van der Waals surface area contributed by atoms with Crippen molar-refractivity contribution in [3.8, 4) is 0 Å². The minimum atomic E-state index is 0.201. The fraction of sp³-hybridized carbons (Fsp3) is 0.320. The lowest BCUT2D eigenvalue weighted by Gasteiger charge is -2.36. The van der Waals surface area contributed by atoms with E-state index in [1.807, 2.05) is 22.4 Å². The maximum Gasteiger partial charge on any atom is 0.263 e. The number of quaternary nitrogens is 1. The monoisotopic (exact) mass is 405 g/mol. The Morgan fingerprint density at radius 1 is 0.897 bits per heavy atom. The molecule has 4 heteroatoms. The van der Waals surface area contributed by atoms with Crippen LogP contribution in [0.25, 0.3) is 0 Å². The summed E-state index contributed by atoms with van der Waals surface area (Å²) in [5.74, 6) is 0.201. The molecule has 1 saturated heterocycles. The molecule has 150 valence electrons. The van der Waals surface area contributed by atoms with Gasteiger partial charge in [-0.05, 0) is 17.0 Å². The van der Waals surface area contributed by atoms with Gasteiger partial charge in [-0.3, -0.25) is 4.79 Å². The first kappa shape index (κ1) is 19.9. The molecule has 0 saturated carbocycles. The number of thiophene rings is 1. The molecule has 1 N–H and O–H groups in total. The van der Waals surface area contributed by atoms with Crippen LogP contribution in [0.3, 0.4) is 0 Å². The van der Waals surface area contributed by atoms with E-state index in [0.29, 0.717) is 6.04 Å². The van der Waals surface area contributed by atoms with Crippen LogP contribution in [0.5, 0.6) is 0 Å². The van der Waals surface area contributed by atoms with Gasteiger partial charge in [-0.15, -0.1) is 11.3 Å². The summed E-state index contributed by atoms with van der Waals surface area (Å²) in [6.07, 6.45) is 3.25. The van der Waals surface area contributed by atoms with Crippen LogP contribution in [0, 0.1) is 0 Å². The van der Waals surface area contributed by atoms with E-state index in [4.69, 9.17) is 0 Å². The largest absolute Gasteiger partial charge is 0.337 e. The number of rotatable bonds is 7. The number of likely N-dealkylation sites (tertiary alicyclic amines) is 1. The molecule has 2 aromatic carbocycles. The summed E-state index contributed by atoms with van der Waals surface area (Å²) in [6.45, 7) is 3.91. The van der Waals surface area contributed by atoms with Crippen LogP contribution in [0.4, 0.5) is 0 Å². The molecule has 0 bridgehead atoms. The Kier molecular flexibility index (Phi) is 6.75. The highest BCUT2D eigenvalue weighted by Crippen LogP contribution is 2.16. The van der Waals surface area contributed by atoms with E-state index < -0.39 is 0 Å². The molecule has 3 nitrogen and oxygen atoms in total. The molecule has 2 heterocycles. The van der Waals surface area contributed by atoms with Gasteiger partial charge in [0.2, 0.25) is 0 Å². The van der Waals surface area contributed by atoms with Gasteiger partial charge in [0.15, 0.2) is 0 Å². The van der Waals surface area contributed by atoms with E-state index in [0.717, 1.165) is 50.3 Å². The Labute approximate surface area is 177 Å². The molecule has 1 aliphatic rings. The number of benzene rings is 2. The Balaban J connectivity index is 1.40. The predicted molar refractivity (Wildman–Crippen MR) is 119 cm³/mol. The molecule has 1 atom stereocenters. The van der Waals surface area contributed by atoms with Crippen molar-refractivity contribution >= 4 is 17.2 Å². The van der Waals surface area contributed by atoms with Gasteiger partial charge in [0.25, 0.3) is 5.91 Å². The van der Waals surface area contributed by atoms with Gasteiger partial charge in [-0.25, -0.2) is 0 Å². The molecule has 3 aromatic rings. The van der Waals surface area contributed by atoms with Gasteiger partial charge < -0.3 is 9.80 Å². The smallest absolute Gasteiger partial charge is 0.263 e. The highest BCUT2D eigenvalue weighted by Gasteiger charge is 2.30. The van der Waals surface area contributed by atoms with Crippen molar-refractivity contribution in [2.45, 2.75) is 31.8 Å². The van der Waals surface area contributed by atoms with E-state index in [2.05, 4.69) is 60.7 Å². The summed E-state index contributed by atoms with van der Waals surface area (Å²) in [5.41, 5.74) is 2.80. The lowest BCUT2D eigenvalue weighted by Crippen LogP contribution is -3.15. The first-order chi connectivity index (χ1) is 14.3. The van der Waals surface area contributed by atoms with Crippen LogP contribution in [0.1, 0.15) is 33.6 Å².